The Hall–Kier alpha value is -3.67. The number of nitrogens with one attached hydrogen (secondary N) is 1. The third kappa shape index (κ3) is 3.82. The normalized spacial score (nSPS) is 11.2. The molecular weight excluding hydrogens is 368 g/mol. The van der Waals surface area contributed by atoms with Gasteiger partial charge in [-0.1, -0.05) is 18.2 Å². The SMILES string of the molecule is Cc1cc(NC(=O)c2cc(=O)oc3cc(OC(C)C)ccc23)c2ccccc2n1. The van der Waals surface area contributed by atoms with Crippen LogP contribution in [0.15, 0.2) is 63.8 Å². The number of amides is 1. The number of aromatic nitrogens is 1. The van der Waals surface area contributed by atoms with Crippen LogP contribution in [0.1, 0.15) is 29.9 Å². The van der Waals surface area contributed by atoms with Crippen LogP contribution in [0.3, 0.4) is 0 Å². The second kappa shape index (κ2) is 7.39. The van der Waals surface area contributed by atoms with Crippen LogP contribution >= 0.6 is 0 Å². The fraction of sp³-hybridized carbons (Fsp3) is 0.174. The molecule has 1 amide bonds. The molecule has 2 aromatic heterocycles. The summed E-state index contributed by atoms with van der Waals surface area (Å²) in [4.78, 5) is 29.6. The zero-order valence-electron chi connectivity index (χ0n) is 16.4. The van der Waals surface area contributed by atoms with Crippen molar-refractivity contribution in [2.75, 3.05) is 5.32 Å². The lowest BCUT2D eigenvalue weighted by molar-refractivity contribution is 0.102. The first-order valence-corrected chi connectivity index (χ1v) is 9.33. The number of nitrogens with zero attached hydrogens (tertiary/aromatic N) is 1. The molecule has 0 saturated heterocycles. The highest BCUT2D eigenvalue weighted by molar-refractivity contribution is 6.14. The molecular formula is C23H20N2O4. The zero-order valence-corrected chi connectivity index (χ0v) is 16.4. The minimum absolute atomic E-state index is 0.0196. The number of hydrogen-bond donors (Lipinski definition) is 1. The zero-order chi connectivity index (χ0) is 20.5. The summed E-state index contributed by atoms with van der Waals surface area (Å²) in [5.41, 5.74) is 2.16. The number of carbonyl (C=O) groups excluding carboxylic acids is 1. The van der Waals surface area contributed by atoms with Gasteiger partial charge < -0.3 is 14.5 Å². The molecule has 2 heterocycles. The van der Waals surface area contributed by atoms with Gasteiger partial charge in [0.05, 0.1) is 22.9 Å². The van der Waals surface area contributed by atoms with Gasteiger partial charge in [-0.25, -0.2) is 4.79 Å². The highest BCUT2D eigenvalue weighted by Crippen LogP contribution is 2.26. The largest absolute Gasteiger partial charge is 0.491 e. The van der Waals surface area contributed by atoms with Crippen molar-refractivity contribution in [3.8, 4) is 5.75 Å². The Balaban J connectivity index is 1.77. The molecule has 0 radical (unpaired) electrons. The molecule has 0 saturated carbocycles. The number of ether oxygens (including phenoxy) is 1. The first-order valence-electron chi connectivity index (χ1n) is 9.33. The molecule has 0 bridgehead atoms. The van der Waals surface area contributed by atoms with E-state index in [2.05, 4.69) is 10.3 Å². The van der Waals surface area contributed by atoms with Gasteiger partial charge in [0, 0.05) is 28.6 Å². The molecule has 0 spiro atoms. The third-order valence-corrected chi connectivity index (χ3v) is 4.42. The van der Waals surface area contributed by atoms with Crippen LogP contribution in [0.4, 0.5) is 5.69 Å². The molecule has 0 aliphatic heterocycles. The first kappa shape index (κ1) is 18.7. The van der Waals surface area contributed by atoms with E-state index in [1.54, 1.807) is 18.2 Å². The molecule has 4 aromatic rings. The van der Waals surface area contributed by atoms with Gasteiger partial charge >= 0.3 is 5.63 Å². The lowest BCUT2D eigenvalue weighted by Crippen LogP contribution is -2.16. The lowest BCUT2D eigenvalue weighted by atomic mass is 10.1. The summed E-state index contributed by atoms with van der Waals surface area (Å²) in [6.45, 7) is 5.68. The Morgan fingerprint density at radius 2 is 1.86 bits per heavy atom. The smallest absolute Gasteiger partial charge is 0.337 e. The number of hydrogen-bond acceptors (Lipinski definition) is 5. The molecule has 0 fully saturated rings. The second-order valence-electron chi connectivity index (χ2n) is 7.09. The Kier molecular flexibility index (Phi) is 4.76. The van der Waals surface area contributed by atoms with Crippen LogP contribution in [0.2, 0.25) is 0 Å². The Bertz CT molecular complexity index is 1290. The summed E-state index contributed by atoms with van der Waals surface area (Å²) < 4.78 is 10.9. The molecule has 2 aromatic carbocycles. The predicted octanol–water partition coefficient (Wildman–Crippen LogP) is 4.69. The van der Waals surface area contributed by atoms with E-state index in [0.717, 1.165) is 16.6 Å². The van der Waals surface area contributed by atoms with Crippen LogP contribution in [0.5, 0.6) is 5.75 Å². The van der Waals surface area contributed by atoms with Crippen molar-refractivity contribution in [3.63, 3.8) is 0 Å². The molecule has 6 heteroatoms. The van der Waals surface area contributed by atoms with Crippen LogP contribution < -0.4 is 15.7 Å². The maximum absolute atomic E-state index is 13.1. The van der Waals surface area contributed by atoms with Gasteiger partial charge in [0.25, 0.3) is 5.91 Å². The Labute approximate surface area is 167 Å². The van der Waals surface area contributed by atoms with Crippen molar-refractivity contribution >= 4 is 33.5 Å². The quantitative estimate of drug-likeness (QED) is 0.513. The summed E-state index contributed by atoms with van der Waals surface area (Å²) in [6.07, 6.45) is -0.0196. The van der Waals surface area contributed by atoms with E-state index >= 15 is 0 Å². The monoisotopic (exact) mass is 388 g/mol. The van der Waals surface area contributed by atoms with Crippen LogP contribution in [0.25, 0.3) is 21.9 Å². The highest BCUT2D eigenvalue weighted by atomic mass is 16.5. The first-order chi connectivity index (χ1) is 13.9. The summed E-state index contributed by atoms with van der Waals surface area (Å²) >= 11 is 0. The van der Waals surface area contributed by atoms with Crippen LogP contribution in [-0.4, -0.2) is 17.0 Å². The Morgan fingerprint density at radius 1 is 1.07 bits per heavy atom. The average Bonchev–Trinajstić information content (AvgIpc) is 2.66. The number of rotatable bonds is 4. The number of aryl methyl sites for hydroxylation is 1. The van der Waals surface area contributed by atoms with E-state index in [1.807, 2.05) is 51.1 Å². The van der Waals surface area contributed by atoms with E-state index in [4.69, 9.17) is 9.15 Å². The second-order valence-corrected chi connectivity index (χ2v) is 7.09. The van der Waals surface area contributed by atoms with Gasteiger partial charge in [-0.2, -0.15) is 0 Å². The van der Waals surface area contributed by atoms with E-state index in [0.29, 0.717) is 22.4 Å². The van der Waals surface area contributed by atoms with Crippen LogP contribution in [0, 0.1) is 6.92 Å². The molecule has 6 nitrogen and oxygen atoms in total. The van der Waals surface area contributed by atoms with Gasteiger partial charge in [0.2, 0.25) is 0 Å². The lowest BCUT2D eigenvalue weighted by Gasteiger charge is -2.12. The summed E-state index contributed by atoms with van der Waals surface area (Å²) in [5.74, 6) is 0.181. The number of anilines is 1. The average molecular weight is 388 g/mol. The van der Waals surface area contributed by atoms with E-state index < -0.39 is 11.5 Å². The summed E-state index contributed by atoms with van der Waals surface area (Å²) in [7, 11) is 0. The molecule has 0 aliphatic carbocycles. The van der Waals surface area contributed by atoms with Crippen molar-refractivity contribution in [2.24, 2.45) is 0 Å². The van der Waals surface area contributed by atoms with Crippen molar-refractivity contribution in [1.82, 2.24) is 4.98 Å². The molecule has 4 rings (SSSR count). The van der Waals surface area contributed by atoms with Crippen molar-refractivity contribution in [1.29, 1.82) is 0 Å². The number of pyridine rings is 1. The van der Waals surface area contributed by atoms with Crippen molar-refractivity contribution in [3.05, 3.63) is 76.3 Å². The Morgan fingerprint density at radius 3 is 2.66 bits per heavy atom. The number of benzene rings is 2. The van der Waals surface area contributed by atoms with Crippen LogP contribution in [-0.2, 0) is 0 Å². The summed E-state index contributed by atoms with van der Waals surface area (Å²) in [5, 5.41) is 4.28. The van der Waals surface area contributed by atoms with E-state index in [1.165, 1.54) is 6.07 Å². The topological polar surface area (TPSA) is 81.4 Å². The third-order valence-electron chi connectivity index (χ3n) is 4.42. The minimum atomic E-state index is -0.597. The molecule has 1 N–H and O–H groups in total. The maximum Gasteiger partial charge on any atom is 0.337 e. The summed E-state index contributed by atoms with van der Waals surface area (Å²) in [6, 6.07) is 15.7. The van der Waals surface area contributed by atoms with E-state index in [-0.39, 0.29) is 11.7 Å². The number of para-hydroxylation sites is 1. The molecule has 0 aliphatic rings. The highest BCUT2D eigenvalue weighted by Gasteiger charge is 2.16. The molecule has 0 atom stereocenters. The maximum atomic E-state index is 13.1. The van der Waals surface area contributed by atoms with Gasteiger partial charge in [-0.15, -0.1) is 0 Å². The van der Waals surface area contributed by atoms with Gasteiger partial charge in [-0.3, -0.25) is 9.78 Å². The molecule has 29 heavy (non-hydrogen) atoms. The van der Waals surface area contributed by atoms with Gasteiger partial charge in [-0.05, 0) is 45.0 Å². The molecule has 146 valence electrons. The van der Waals surface area contributed by atoms with Gasteiger partial charge in [0.1, 0.15) is 11.3 Å². The standard InChI is InChI=1S/C23H20N2O4/c1-13(2)28-15-8-9-16-18(12-22(26)29-21(16)11-15)23(27)25-20-10-14(3)24-19-7-5-4-6-17(19)20/h4-13H,1-3H3,(H,24,25,27). The fourth-order valence-electron chi connectivity index (χ4n) is 3.28. The predicted molar refractivity (Wildman–Crippen MR) is 113 cm³/mol. The fourth-order valence-corrected chi connectivity index (χ4v) is 3.28. The number of fused-ring (bicyclic) bond motifs is 2. The van der Waals surface area contributed by atoms with Gasteiger partial charge in [0.15, 0.2) is 0 Å². The van der Waals surface area contributed by atoms with Crippen molar-refractivity contribution in [2.45, 2.75) is 26.9 Å². The minimum Gasteiger partial charge on any atom is -0.491 e. The number of carbonyl (C=O) groups is 1. The van der Waals surface area contributed by atoms with Crippen molar-refractivity contribution < 1.29 is 13.9 Å². The molecule has 0 unspecified atom stereocenters. The van der Waals surface area contributed by atoms with E-state index in [9.17, 15) is 9.59 Å².